The van der Waals surface area contributed by atoms with Crippen LogP contribution in [0.2, 0.25) is 0 Å². The summed E-state index contributed by atoms with van der Waals surface area (Å²) in [6.45, 7) is 5.63. The SMILES string of the molecule is CC(C)CCCSc1ccc(CNC2CC2)cc1. The average Bonchev–Trinajstić information content (AvgIpc) is 3.17. The Morgan fingerprint density at radius 2 is 1.94 bits per heavy atom. The van der Waals surface area contributed by atoms with Gasteiger partial charge in [-0.05, 0) is 48.6 Å². The van der Waals surface area contributed by atoms with Crippen molar-refractivity contribution < 1.29 is 0 Å². The highest BCUT2D eigenvalue weighted by Gasteiger charge is 2.19. The maximum Gasteiger partial charge on any atom is 0.0208 e. The van der Waals surface area contributed by atoms with Crippen molar-refractivity contribution in [2.75, 3.05) is 5.75 Å². The van der Waals surface area contributed by atoms with Gasteiger partial charge >= 0.3 is 0 Å². The van der Waals surface area contributed by atoms with Crippen LogP contribution in [0.25, 0.3) is 0 Å². The molecule has 0 saturated heterocycles. The minimum absolute atomic E-state index is 0.801. The molecule has 0 heterocycles. The second-order valence-corrected chi connectivity index (χ2v) is 6.85. The summed E-state index contributed by atoms with van der Waals surface area (Å²) >= 11 is 1.99. The van der Waals surface area contributed by atoms with Crippen molar-refractivity contribution >= 4 is 11.8 Å². The van der Waals surface area contributed by atoms with Crippen LogP contribution in [0.15, 0.2) is 29.2 Å². The fraction of sp³-hybridized carbons (Fsp3) is 0.625. The van der Waals surface area contributed by atoms with Gasteiger partial charge < -0.3 is 5.32 Å². The predicted octanol–water partition coefficient (Wildman–Crippen LogP) is 4.47. The zero-order valence-electron chi connectivity index (χ0n) is 11.6. The molecule has 1 aliphatic carbocycles. The Morgan fingerprint density at radius 3 is 2.56 bits per heavy atom. The Morgan fingerprint density at radius 1 is 1.22 bits per heavy atom. The zero-order chi connectivity index (χ0) is 12.8. The molecule has 1 saturated carbocycles. The van der Waals surface area contributed by atoms with Gasteiger partial charge in [0.2, 0.25) is 0 Å². The van der Waals surface area contributed by atoms with Crippen molar-refractivity contribution in [2.45, 2.75) is 57.0 Å². The minimum atomic E-state index is 0.801. The molecule has 2 rings (SSSR count). The highest BCUT2D eigenvalue weighted by Crippen LogP contribution is 2.22. The predicted molar refractivity (Wildman–Crippen MR) is 81.1 cm³/mol. The van der Waals surface area contributed by atoms with Crippen LogP contribution in [0.3, 0.4) is 0 Å². The van der Waals surface area contributed by atoms with Crippen molar-refractivity contribution in [1.29, 1.82) is 0 Å². The number of thioether (sulfide) groups is 1. The Bertz CT molecular complexity index is 341. The van der Waals surface area contributed by atoms with E-state index in [4.69, 9.17) is 0 Å². The first-order valence-electron chi connectivity index (χ1n) is 7.19. The molecule has 2 heteroatoms. The van der Waals surface area contributed by atoms with Crippen LogP contribution in [0.5, 0.6) is 0 Å². The van der Waals surface area contributed by atoms with E-state index in [9.17, 15) is 0 Å². The minimum Gasteiger partial charge on any atom is -0.310 e. The van der Waals surface area contributed by atoms with E-state index in [0.717, 1.165) is 18.5 Å². The normalized spacial score (nSPS) is 15.3. The standard InChI is InChI=1S/C16H25NS/c1-13(2)4-3-11-18-16-9-5-14(6-10-16)12-17-15-7-8-15/h5-6,9-10,13,15,17H,3-4,7-8,11-12H2,1-2H3. The summed E-state index contributed by atoms with van der Waals surface area (Å²) < 4.78 is 0. The first-order valence-corrected chi connectivity index (χ1v) is 8.17. The maximum absolute atomic E-state index is 3.55. The molecule has 0 amide bonds. The van der Waals surface area contributed by atoms with Crippen LogP contribution >= 0.6 is 11.8 Å². The quantitative estimate of drug-likeness (QED) is 0.549. The molecular weight excluding hydrogens is 238 g/mol. The van der Waals surface area contributed by atoms with Gasteiger partial charge in [0.05, 0.1) is 0 Å². The molecule has 100 valence electrons. The molecule has 0 aromatic heterocycles. The fourth-order valence-electron chi connectivity index (χ4n) is 1.93. The number of benzene rings is 1. The maximum atomic E-state index is 3.55. The molecule has 0 spiro atoms. The van der Waals surface area contributed by atoms with Crippen LogP contribution < -0.4 is 5.32 Å². The number of rotatable bonds is 8. The van der Waals surface area contributed by atoms with Gasteiger partial charge in [-0.15, -0.1) is 11.8 Å². The summed E-state index contributed by atoms with van der Waals surface area (Å²) in [5.74, 6) is 2.08. The second kappa shape index (κ2) is 7.20. The molecule has 0 bridgehead atoms. The van der Waals surface area contributed by atoms with Crippen molar-refractivity contribution in [3.05, 3.63) is 29.8 Å². The lowest BCUT2D eigenvalue weighted by Gasteiger charge is -2.06. The highest BCUT2D eigenvalue weighted by molar-refractivity contribution is 7.99. The molecule has 0 radical (unpaired) electrons. The molecule has 0 unspecified atom stereocenters. The first kappa shape index (κ1) is 14.0. The average molecular weight is 263 g/mol. The summed E-state index contributed by atoms with van der Waals surface area (Å²) in [4.78, 5) is 1.41. The van der Waals surface area contributed by atoms with Crippen molar-refractivity contribution in [2.24, 2.45) is 5.92 Å². The van der Waals surface area contributed by atoms with Crippen molar-refractivity contribution in [3.8, 4) is 0 Å². The van der Waals surface area contributed by atoms with E-state index < -0.39 is 0 Å². The molecule has 18 heavy (non-hydrogen) atoms. The van der Waals surface area contributed by atoms with Gasteiger partial charge in [-0.1, -0.05) is 32.4 Å². The van der Waals surface area contributed by atoms with E-state index in [-0.39, 0.29) is 0 Å². The van der Waals surface area contributed by atoms with E-state index in [2.05, 4.69) is 43.4 Å². The molecule has 1 aliphatic rings. The van der Waals surface area contributed by atoms with Crippen LogP contribution in [0.4, 0.5) is 0 Å². The molecule has 1 aromatic rings. The molecule has 0 atom stereocenters. The number of hydrogen-bond donors (Lipinski definition) is 1. The third-order valence-electron chi connectivity index (χ3n) is 3.29. The van der Waals surface area contributed by atoms with E-state index in [0.29, 0.717) is 0 Å². The Labute approximate surface area is 116 Å². The lowest BCUT2D eigenvalue weighted by atomic mass is 10.1. The molecule has 1 nitrogen and oxygen atoms in total. The van der Waals surface area contributed by atoms with Gasteiger partial charge in [-0.2, -0.15) is 0 Å². The molecular formula is C16H25NS. The lowest BCUT2D eigenvalue weighted by Crippen LogP contribution is -2.14. The zero-order valence-corrected chi connectivity index (χ0v) is 12.4. The molecule has 0 aliphatic heterocycles. The van der Waals surface area contributed by atoms with Crippen LogP contribution in [0, 0.1) is 5.92 Å². The van der Waals surface area contributed by atoms with Gasteiger partial charge in [0, 0.05) is 17.5 Å². The third kappa shape index (κ3) is 5.45. The summed E-state index contributed by atoms with van der Waals surface area (Å²) in [5.41, 5.74) is 1.41. The molecule has 1 N–H and O–H groups in total. The van der Waals surface area contributed by atoms with Gasteiger partial charge in [-0.25, -0.2) is 0 Å². The van der Waals surface area contributed by atoms with Gasteiger partial charge in [0.15, 0.2) is 0 Å². The van der Waals surface area contributed by atoms with Crippen LogP contribution in [-0.4, -0.2) is 11.8 Å². The topological polar surface area (TPSA) is 12.0 Å². The van der Waals surface area contributed by atoms with Gasteiger partial charge in [-0.3, -0.25) is 0 Å². The summed E-state index contributed by atoms with van der Waals surface area (Å²) in [7, 11) is 0. The van der Waals surface area contributed by atoms with E-state index in [1.54, 1.807) is 0 Å². The number of nitrogens with one attached hydrogen (secondary N) is 1. The number of hydrogen-bond acceptors (Lipinski definition) is 2. The molecule has 1 fully saturated rings. The Balaban J connectivity index is 1.66. The van der Waals surface area contributed by atoms with Crippen molar-refractivity contribution in [1.82, 2.24) is 5.32 Å². The monoisotopic (exact) mass is 263 g/mol. The third-order valence-corrected chi connectivity index (χ3v) is 4.39. The summed E-state index contributed by atoms with van der Waals surface area (Å²) in [5, 5.41) is 3.55. The lowest BCUT2D eigenvalue weighted by molar-refractivity contribution is 0.579. The first-order chi connectivity index (χ1) is 8.74. The Kier molecular flexibility index (Phi) is 5.58. The van der Waals surface area contributed by atoms with E-state index >= 15 is 0 Å². The molecule has 1 aromatic carbocycles. The van der Waals surface area contributed by atoms with Gasteiger partial charge in [0.25, 0.3) is 0 Å². The van der Waals surface area contributed by atoms with Crippen LogP contribution in [0.1, 0.15) is 45.1 Å². The second-order valence-electron chi connectivity index (χ2n) is 5.68. The smallest absolute Gasteiger partial charge is 0.0208 e. The summed E-state index contributed by atoms with van der Waals surface area (Å²) in [6.07, 6.45) is 5.40. The van der Waals surface area contributed by atoms with E-state index in [1.165, 1.54) is 41.9 Å². The summed E-state index contributed by atoms with van der Waals surface area (Å²) in [6, 6.07) is 9.86. The highest BCUT2D eigenvalue weighted by atomic mass is 32.2. The van der Waals surface area contributed by atoms with Gasteiger partial charge in [0.1, 0.15) is 0 Å². The Hall–Kier alpha value is -0.470. The van der Waals surface area contributed by atoms with E-state index in [1.807, 2.05) is 11.8 Å². The largest absolute Gasteiger partial charge is 0.310 e. The van der Waals surface area contributed by atoms with Crippen LogP contribution in [-0.2, 0) is 6.54 Å². The van der Waals surface area contributed by atoms with Crippen molar-refractivity contribution in [3.63, 3.8) is 0 Å². The fourth-order valence-corrected chi connectivity index (χ4v) is 2.81.